The first kappa shape index (κ1) is 13.0. The maximum atomic E-state index is 8.74. The number of nitrogens with zero attached hydrogens (tertiary/aromatic N) is 1. The third-order valence-electron chi connectivity index (χ3n) is 5.56. The quantitative estimate of drug-likeness (QED) is 0.238. The Morgan fingerprint density at radius 3 is 2.03 bits per heavy atom. The van der Waals surface area contributed by atoms with Crippen LogP contribution in [0.15, 0.2) is 126 Å². The molecule has 0 bridgehead atoms. The van der Waals surface area contributed by atoms with Crippen molar-refractivity contribution in [3.8, 4) is 27.9 Å². The van der Waals surface area contributed by atoms with Gasteiger partial charge in [-0.3, -0.25) is 0 Å². The molecule has 0 fully saturated rings. The average molecular weight is 481 g/mol. The Labute approximate surface area is 205 Å². The van der Waals surface area contributed by atoms with Gasteiger partial charge < -0.3 is 4.57 Å². The molecule has 152 valence electrons. The Kier molecular flexibility index (Phi) is 3.19. The van der Waals surface area contributed by atoms with Crippen molar-refractivity contribution in [2.24, 2.45) is 0 Å². The SMILES string of the molecule is [2H]c1c([2H])c([2H])c2c(c1[2H])c1c([2H])c(Br)c([2H])c([2H])c1n2-c1ccc(-c2cccc(-c3ccccc3)c2)cc1. The van der Waals surface area contributed by atoms with Crippen LogP contribution in [0.3, 0.4) is 0 Å². The summed E-state index contributed by atoms with van der Waals surface area (Å²) in [4.78, 5) is 0. The maximum Gasteiger partial charge on any atom is 0.0646 e. The summed E-state index contributed by atoms with van der Waals surface area (Å²) in [6.45, 7) is 0. The molecular weight excluding hydrogens is 454 g/mol. The molecule has 0 unspecified atom stereocenters. The van der Waals surface area contributed by atoms with Gasteiger partial charge in [0.25, 0.3) is 0 Å². The molecule has 0 N–H and O–H groups in total. The van der Waals surface area contributed by atoms with E-state index >= 15 is 0 Å². The predicted octanol–water partition coefficient (Wildman–Crippen LogP) is 8.88. The smallest absolute Gasteiger partial charge is 0.0646 e. The van der Waals surface area contributed by atoms with Crippen molar-refractivity contribution in [1.82, 2.24) is 4.57 Å². The number of aromatic nitrogens is 1. The van der Waals surface area contributed by atoms with Crippen LogP contribution >= 0.6 is 15.9 Å². The molecule has 5 aromatic carbocycles. The highest BCUT2D eigenvalue weighted by atomic mass is 79.9. The lowest BCUT2D eigenvalue weighted by atomic mass is 9.99. The van der Waals surface area contributed by atoms with Gasteiger partial charge in [-0.05, 0) is 64.6 Å². The molecule has 1 nitrogen and oxygen atoms in total. The van der Waals surface area contributed by atoms with E-state index in [1.165, 1.54) is 0 Å². The molecule has 0 spiro atoms. The van der Waals surface area contributed by atoms with Gasteiger partial charge in [0.2, 0.25) is 0 Å². The van der Waals surface area contributed by atoms with Gasteiger partial charge in [-0.1, -0.05) is 94.7 Å². The van der Waals surface area contributed by atoms with Crippen LogP contribution < -0.4 is 0 Å². The summed E-state index contributed by atoms with van der Waals surface area (Å²) in [5.41, 5.74) is 5.11. The Hall–Kier alpha value is -3.62. The summed E-state index contributed by atoms with van der Waals surface area (Å²) in [6, 6.07) is 24.0. The molecular formula is C30H20BrN. The summed E-state index contributed by atoms with van der Waals surface area (Å²) < 4.78 is 61.3. The molecule has 0 atom stereocenters. The molecule has 0 amide bonds. The van der Waals surface area contributed by atoms with E-state index in [1.807, 2.05) is 54.6 Å². The maximum absolute atomic E-state index is 8.74. The fourth-order valence-corrected chi connectivity index (χ4v) is 4.36. The minimum atomic E-state index is -0.405. The summed E-state index contributed by atoms with van der Waals surface area (Å²) in [6.07, 6.45) is 0. The van der Waals surface area contributed by atoms with Crippen LogP contribution in [0.2, 0.25) is 0 Å². The Morgan fingerprint density at radius 1 is 0.594 bits per heavy atom. The second-order valence-corrected chi connectivity index (χ2v) is 8.26. The van der Waals surface area contributed by atoms with E-state index in [0.717, 1.165) is 22.3 Å². The summed E-state index contributed by atoms with van der Waals surface area (Å²) in [7, 11) is 0. The van der Waals surface area contributed by atoms with Gasteiger partial charge >= 0.3 is 0 Å². The van der Waals surface area contributed by atoms with E-state index in [0.29, 0.717) is 5.69 Å². The second kappa shape index (κ2) is 7.81. The molecule has 6 aromatic rings. The topological polar surface area (TPSA) is 4.93 Å². The molecule has 2 heteroatoms. The molecule has 32 heavy (non-hydrogen) atoms. The highest BCUT2D eigenvalue weighted by Gasteiger charge is 2.12. The van der Waals surface area contributed by atoms with Crippen molar-refractivity contribution in [1.29, 1.82) is 0 Å². The molecule has 1 heterocycles. The average Bonchev–Trinajstić information content (AvgIpc) is 3.34. The Morgan fingerprint density at radius 2 is 1.25 bits per heavy atom. The molecule has 6 rings (SSSR count). The first-order valence-corrected chi connectivity index (χ1v) is 11.0. The van der Waals surface area contributed by atoms with Crippen LogP contribution in [0.1, 0.15) is 9.60 Å². The van der Waals surface area contributed by atoms with Crippen LogP contribution in [-0.4, -0.2) is 4.57 Å². The van der Waals surface area contributed by atoms with Gasteiger partial charge in [0.1, 0.15) is 0 Å². The van der Waals surface area contributed by atoms with Crippen molar-refractivity contribution in [2.75, 3.05) is 0 Å². The zero-order valence-electron chi connectivity index (χ0n) is 23.8. The van der Waals surface area contributed by atoms with E-state index in [4.69, 9.17) is 9.60 Å². The normalized spacial score (nSPS) is 14.3. The number of benzene rings is 5. The van der Waals surface area contributed by atoms with Crippen LogP contribution in [0.4, 0.5) is 0 Å². The number of hydrogen-bond acceptors (Lipinski definition) is 0. The number of hydrogen-bond donors (Lipinski definition) is 0. The minimum Gasteiger partial charge on any atom is -0.309 e. The molecule has 1 aromatic heterocycles. The van der Waals surface area contributed by atoms with Crippen LogP contribution in [-0.2, 0) is 0 Å². The number of fused-ring (bicyclic) bond motifs is 3. The largest absolute Gasteiger partial charge is 0.309 e. The van der Waals surface area contributed by atoms with Gasteiger partial charge in [-0.25, -0.2) is 0 Å². The van der Waals surface area contributed by atoms with Crippen molar-refractivity contribution in [2.45, 2.75) is 0 Å². The lowest BCUT2D eigenvalue weighted by Crippen LogP contribution is -1.93. The van der Waals surface area contributed by atoms with Crippen LogP contribution in [0, 0.1) is 0 Å². The van der Waals surface area contributed by atoms with Gasteiger partial charge in [-0.15, -0.1) is 0 Å². The van der Waals surface area contributed by atoms with Crippen LogP contribution in [0.5, 0.6) is 0 Å². The number of para-hydroxylation sites is 1. The molecule has 0 saturated heterocycles. The summed E-state index contributed by atoms with van der Waals surface area (Å²) >= 11 is 3.24. The highest BCUT2D eigenvalue weighted by molar-refractivity contribution is 9.10. The van der Waals surface area contributed by atoms with E-state index in [2.05, 4.69) is 40.2 Å². The van der Waals surface area contributed by atoms with E-state index in [9.17, 15) is 0 Å². The molecule has 0 saturated carbocycles. The van der Waals surface area contributed by atoms with Gasteiger partial charge in [0, 0.05) is 20.9 Å². The third-order valence-corrected chi connectivity index (χ3v) is 5.95. The van der Waals surface area contributed by atoms with Gasteiger partial charge in [0.15, 0.2) is 0 Å². The predicted molar refractivity (Wildman–Crippen MR) is 139 cm³/mol. The van der Waals surface area contributed by atoms with Crippen molar-refractivity contribution in [3.63, 3.8) is 0 Å². The lowest BCUT2D eigenvalue weighted by molar-refractivity contribution is 1.18. The molecule has 0 aliphatic heterocycles. The van der Waals surface area contributed by atoms with Crippen molar-refractivity contribution >= 4 is 37.7 Å². The van der Waals surface area contributed by atoms with E-state index in [1.54, 1.807) is 4.57 Å². The van der Waals surface area contributed by atoms with E-state index in [-0.39, 0.29) is 56.5 Å². The second-order valence-electron chi connectivity index (χ2n) is 7.47. The molecule has 0 aliphatic rings. The zero-order valence-corrected chi connectivity index (χ0v) is 18.4. The first-order valence-electron chi connectivity index (χ1n) is 13.7. The first-order chi connectivity index (χ1) is 18.7. The molecule has 0 aliphatic carbocycles. The summed E-state index contributed by atoms with van der Waals surface area (Å²) in [5, 5.41) is 0.374. The van der Waals surface area contributed by atoms with Crippen LogP contribution in [0.25, 0.3) is 49.7 Å². The number of rotatable bonds is 3. The summed E-state index contributed by atoms with van der Waals surface area (Å²) in [5.74, 6) is 0. The van der Waals surface area contributed by atoms with Crippen molar-refractivity contribution < 1.29 is 9.60 Å². The number of halogens is 1. The van der Waals surface area contributed by atoms with Gasteiger partial charge in [-0.2, -0.15) is 0 Å². The Bertz CT molecular complexity index is 1850. The highest BCUT2D eigenvalue weighted by Crippen LogP contribution is 2.34. The zero-order chi connectivity index (χ0) is 27.6. The minimum absolute atomic E-state index is 0.0888. The monoisotopic (exact) mass is 480 g/mol. The fraction of sp³-hybridized carbons (Fsp3) is 0. The van der Waals surface area contributed by atoms with E-state index < -0.39 is 12.1 Å². The lowest BCUT2D eigenvalue weighted by Gasteiger charge is -2.10. The Balaban J connectivity index is 1.60. The van der Waals surface area contributed by atoms with Crippen molar-refractivity contribution in [3.05, 3.63) is 126 Å². The standard InChI is InChI=1S/C30H20BrN/c31-25-15-18-30-28(20-25)27-11-4-5-12-29(27)32(30)26-16-13-22(14-17-26)24-10-6-9-23(19-24)21-7-2-1-3-8-21/h1-20H/i4D,5D,11D,12D,15D,18D,20D. The molecule has 0 radical (unpaired) electrons. The van der Waals surface area contributed by atoms with Gasteiger partial charge in [0.05, 0.1) is 20.6 Å². The third kappa shape index (κ3) is 3.24. The fourth-order valence-electron chi connectivity index (χ4n) is 4.06.